The number of aryl methyl sites for hydroxylation is 1. The minimum absolute atomic E-state index is 0.0497. The molecular weight excluding hydrogens is 252 g/mol. The van der Waals surface area contributed by atoms with Crippen LogP contribution in [0.3, 0.4) is 0 Å². The van der Waals surface area contributed by atoms with Gasteiger partial charge in [-0.3, -0.25) is 4.79 Å². The average Bonchev–Trinajstić information content (AvgIpc) is 2.80. The predicted molar refractivity (Wildman–Crippen MR) is 76.6 cm³/mol. The Kier molecular flexibility index (Phi) is 3.42. The van der Waals surface area contributed by atoms with Gasteiger partial charge in [-0.15, -0.1) is 0 Å². The van der Waals surface area contributed by atoms with Crippen molar-refractivity contribution in [2.45, 2.75) is 45.6 Å². The average molecular weight is 272 g/mol. The largest absolute Gasteiger partial charge is 0.349 e. The lowest BCUT2D eigenvalue weighted by atomic mass is 9.86. The van der Waals surface area contributed by atoms with Gasteiger partial charge in [-0.2, -0.15) is 5.10 Å². The third-order valence-corrected chi connectivity index (χ3v) is 4.13. The molecule has 2 unspecified atom stereocenters. The molecule has 0 radical (unpaired) electrons. The molecule has 1 saturated carbocycles. The molecule has 106 valence electrons. The fourth-order valence-corrected chi connectivity index (χ4v) is 2.89. The molecule has 0 aliphatic heterocycles. The van der Waals surface area contributed by atoms with E-state index in [9.17, 15) is 4.79 Å². The van der Waals surface area contributed by atoms with E-state index in [-0.39, 0.29) is 11.9 Å². The van der Waals surface area contributed by atoms with E-state index in [1.807, 2.05) is 13.0 Å². The maximum Gasteiger partial charge on any atom is 0.254 e. The zero-order valence-electron chi connectivity index (χ0n) is 12.0. The Morgan fingerprint density at radius 2 is 2.20 bits per heavy atom. The Bertz CT molecular complexity index is 634. The highest BCUT2D eigenvalue weighted by Gasteiger charge is 2.23. The summed E-state index contributed by atoms with van der Waals surface area (Å²) in [4.78, 5) is 16.6. The Morgan fingerprint density at radius 3 is 3.00 bits per heavy atom. The lowest BCUT2D eigenvalue weighted by Crippen LogP contribution is -2.41. The number of aromatic nitrogens is 3. The molecule has 1 N–H and O–H groups in total. The molecule has 5 nitrogen and oxygen atoms in total. The fraction of sp³-hybridized carbons (Fsp3) is 0.533. The minimum Gasteiger partial charge on any atom is -0.349 e. The van der Waals surface area contributed by atoms with Crippen LogP contribution in [0.15, 0.2) is 18.5 Å². The summed E-state index contributed by atoms with van der Waals surface area (Å²) in [5.74, 6) is 0.502. The summed E-state index contributed by atoms with van der Waals surface area (Å²) in [5, 5.41) is 7.43. The molecule has 0 bridgehead atoms. The summed E-state index contributed by atoms with van der Waals surface area (Å²) in [6.07, 6.45) is 8.11. The maximum absolute atomic E-state index is 12.3. The monoisotopic (exact) mass is 272 g/mol. The van der Waals surface area contributed by atoms with Gasteiger partial charge in [0.1, 0.15) is 0 Å². The van der Waals surface area contributed by atoms with E-state index in [0.717, 1.165) is 17.8 Å². The van der Waals surface area contributed by atoms with Crippen LogP contribution in [-0.4, -0.2) is 26.5 Å². The van der Waals surface area contributed by atoms with Crippen LogP contribution in [0.25, 0.3) is 5.65 Å². The molecule has 2 aromatic rings. The van der Waals surface area contributed by atoms with E-state index >= 15 is 0 Å². The van der Waals surface area contributed by atoms with Crippen molar-refractivity contribution >= 4 is 11.6 Å². The minimum atomic E-state index is -0.0497. The van der Waals surface area contributed by atoms with E-state index in [2.05, 4.69) is 22.3 Å². The summed E-state index contributed by atoms with van der Waals surface area (Å²) >= 11 is 0. The Labute approximate surface area is 118 Å². The van der Waals surface area contributed by atoms with E-state index < -0.39 is 0 Å². The highest BCUT2D eigenvalue weighted by molar-refractivity contribution is 5.94. The van der Waals surface area contributed by atoms with Crippen LogP contribution in [-0.2, 0) is 0 Å². The van der Waals surface area contributed by atoms with Crippen molar-refractivity contribution in [2.75, 3.05) is 0 Å². The number of nitrogens with one attached hydrogen (secondary N) is 1. The molecular formula is C15H20N4O. The molecule has 1 aliphatic rings. The number of rotatable bonds is 2. The zero-order chi connectivity index (χ0) is 14.1. The first-order valence-electron chi connectivity index (χ1n) is 7.26. The summed E-state index contributed by atoms with van der Waals surface area (Å²) < 4.78 is 1.66. The van der Waals surface area contributed by atoms with Crippen LogP contribution >= 0.6 is 0 Å². The summed E-state index contributed by atoms with van der Waals surface area (Å²) in [7, 11) is 0. The van der Waals surface area contributed by atoms with Crippen LogP contribution in [0.2, 0.25) is 0 Å². The summed E-state index contributed by atoms with van der Waals surface area (Å²) in [5.41, 5.74) is 2.24. The molecule has 1 amide bonds. The van der Waals surface area contributed by atoms with Gasteiger partial charge in [0.2, 0.25) is 0 Å². The summed E-state index contributed by atoms with van der Waals surface area (Å²) in [6, 6.07) is 2.18. The van der Waals surface area contributed by atoms with Crippen LogP contribution in [0.4, 0.5) is 0 Å². The molecule has 2 aromatic heterocycles. The highest BCUT2D eigenvalue weighted by Crippen LogP contribution is 2.23. The standard InChI is InChI=1S/C15H20N4O/c1-10-5-3-4-6-13(10)17-15(20)12-8-16-14-7-11(2)18-19(14)9-12/h7-10,13H,3-6H2,1-2H3,(H,17,20). The number of amides is 1. The molecule has 5 heteroatoms. The van der Waals surface area contributed by atoms with Gasteiger partial charge in [-0.25, -0.2) is 9.50 Å². The topological polar surface area (TPSA) is 59.3 Å². The normalized spacial score (nSPS) is 22.9. The van der Waals surface area contributed by atoms with E-state index in [1.54, 1.807) is 16.9 Å². The first-order chi connectivity index (χ1) is 9.63. The molecule has 3 rings (SSSR count). The van der Waals surface area contributed by atoms with Crippen LogP contribution in [0.5, 0.6) is 0 Å². The quantitative estimate of drug-likeness (QED) is 0.913. The number of carbonyl (C=O) groups is 1. The second kappa shape index (κ2) is 5.23. The Balaban J connectivity index is 1.77. The smallest absolute Gasteiger partial charge is 0.254 e. The third kappa shape index (κ3) is 2.53. The predicted octanol–water partition coefficient (Wildman–Crippen LogP) is 2.35. The van der Waals surface area contributed by atoms with Crippen LogP contribution in [0, 0.1) is 12.8 Å². The van der Waals surface area contributed by atoms with Gasteiger partial charge in [0.15, 0.2) is 5.65 Å². The zero-order valence-corrected chi connectivity index (χ0v) is 12.0. The van der Waals surface area contributed by atoms with Gasteiger partial charge in [-0.05, 0) is 25.7 Å². The van der Waals surface area contributed by atoms with Crippen molar-refractivity contribution in [3.8, 4) is 0 Å². The Morgan fingerprint density at radius 1 is 1.40 bits per heavy atom. The van der Waals surface area contributed by atoms with Crippen molar-refractivity contribution in [1.29, 1.82) is 0 Å². The fourth-order valence-electron chi connectivity index (χ4n) is 2.89. The molecule has 0 saturated heterocycles. The second-order valence-electron chi connectivity index (χ2n) is 5.77. The van der Waals surface area contributed by atoms with Gasteiger partial charge >= 0.3 is 0 Å². The molecule has 2 heterocycles. The SMILES string of the molecule is Cc1cc2ncc(C(=O)NC3CCCCC3C)cn2n1. The van der Waals surface area contributed by atoms with Crippen molar-refractivity contribution < 1.29 is 4.79 Å². The van der Waals surface area contributed by atoms with E-state index in [1.165, 1.54) is 19.3 Å². The van der Waals surface area contributed by atoms with Gasteiger partial charge in [0.25, 0.3) is 5.91 Å². The number of hydrogen-bond donors (Lipinski definition) is 1. The number of fused-ring (bicyclic) bond motifs is 1. The molecule has 1 fully saturated rings. The number of hydrogen-bond acceptors (Lipinski definition) is 3. The second-order valence-corrected chi connectivity index (χ2v) is 5.77. The van der Waals surface area contributed by atoms with Gasteiger partial charge in [0, 0.05) is 24.5 Å². The lowest BCUT2D eigenvalue weighted by Gasteiger charge is -2.29. The first kappa shape index (κ1) is 13.1. The molecule has 0 aromatic carbocycles. The van der Waals surface area contributed by atoms with Crippen molar-refractivity contribution in [2.24, 2.45) is 5.92 Å². The van der Waals surface area contributed by atoms with Crippen LogP contribution in [0.1, 0.15) is 48.7 Å². The third-order valence-electron chi connectivity index (χ3n) is 4.13. The highest BCUT2D eigenvalue weighted by atomic mass is 16.1. The number of nitrogens with zero attached hydrogens (tertiary/aromatic N) is 3. The molecule has 2 atom stereocenters. The van der Waals surface area contributed by atoms with E-state index in [4.69, 9.17) is 0 Å². The Hall–Kier alpha value is -1.91. The lowest BCUT2D eigenvalue weighted by molar-refractivity contribution is 0.0909. The molecule has 20 heavy (non-hydrogen) atoms. The van der Waals surface area contributed by atoms with Crippen molar-refractivity contribution in [1.82, 2.24) is 19.9 Å². The summed E-state index contributed by atoms with van der Waals surface area (Å²) in [6.45, 7) is 4.13. The van der Waals surface area contributed by atoms with Crippen molar-refractivity contribution in [3.05, 3.63) is 29.7 Å². The van der Waals surface area contributed by atoms with E-state index in [0.29, 0.717) is 11.5 Å². The van der Waals surface area contributed by atoms with Crippen molar-refractivity contribution in [3.63, 3.8) is 0 Å². The van der Waals surface area contributed by atoms with Gasteiger partial charge in [-0.1, -0.05) is 19.8 Å². The maximum atomic E-state index is 12.3. The molecule has 0 spiro atoms. The van der Waals surface area contributed by atoms with Gasteiger partial charge in [0.05, 0.1) is 11.3 Å². The first-order valence-corrected chi connectivity index (χ1v) is 7.26. The van der Waals surface area contributed by atoms with Gasteiger partial charge < -0.3 is 5.32 Å². The number of carbonyl (C=O) groups excluding carboxylic acids is 1. The molecule has 1 aliphatic carbocycles. The van der Waals surface area contributed by atoms with Crippen LogP contribution < -0.4 is 5.32 Å².